The van der Waals surface area contributed by atoms with Crippen molar-refractivity contribution in [3.8, 4) is 21.8 Å². The van der Waals surface area contributed by atoms with Crippen LogP contribution in [0, 0.1) is 5.82 Å². The molecule has 9 nitrogen and oxygen atoms in total. The molecule has 202 valence electrons. The molecule has 0 atom stereocenters. The topological polar surface area (TPSA) is 105 Å². The van der Waals surface area contributed by atoms with Gasteiger partial charge in [0, 0.05) is 47.6 Å². The van der Waals surface area contributed by atoms with Crippen LogP contribution >= 0.6 is 11.3 Å². The third-order valence-corrected chi connectivity index (χ3v) is 8.46. The highest BCUT2D eigenvalue weighted by Gasteiger charge is 2.19. The summed E-state index contributed by atoms with van der Waals surface area (Å²) in [5.74, 6) is -0.0762. The molecule has 0 fully saturated rings. The second kappa shape index (κ2) is 11.1. The van der Waals surface area contributed by atoms with Gasteiger partial charge in [-0.25, -0.2) is 27.8 Å². The zero-order valence-electron chi connectivity index (χ0n) is 21.7. The molecule has 0 saturated carbocycles. The number of aromatic nitrogens is 4. The van der Waals surface area contributed by atoms with Crippen molar-refractivity contribution >= 4 is 49.0 Å². The highest BCUT2D eigenvalue weighted by atomic mass is 32.2. The number of sulfonamides is 1. The zero-order valence-corrected chi connectivity index (χ0v) is 23.4. The summed E-state index contributed by atoms with van der Waals surface area (Å²) in [6.07, 6.45) is 3.71. The summed E-state index contributed by atoms with van der Waals surface area (Å²) in [5.41, 5.74) is 3.68. The Kier molecular flexibility index (Phi) is 7.60. The quantitative estimate of drug-likeness (QED) is 0.233. The van der Waals surface area contributed by atoms with Crippen molar-refractivity contribution in [2.75, 3.05) is 36.4 Å². The van der Waals surface area contributed by atoms with E-state index in [1.807, 2.05) is 12.1 Å². The fourth-order valence-electron chi connectivity index (χ4n) is 4.00. The molecule has 5 aromatic rings. The number of fused-ring (bicyclic) bond motifs is 1. The molecule has 0 aliphatic rings. The SMILES string of the molecule is CCS(=O)(=O)Nc1nc(-c2ccc(F)cc2)c(-c2ccnc(Nc3ccc4c(ccn4CCN(C)C)c3)n2)s1. The molecule has 0 spiro atoms. The second-order valence-electron chi connectivity index (χ2n) is 9.19. The van der Waals surface area contributed by atoms with Crippen LogP contribution in [0.4, 0.5) is 21.2 Å². The molecule has 0 aliphatic carbocycles. The number of nitrogens with one attached hydrogen (secondary N) is 2. The van der Waals surface area contributed by atoms with Gasteiger partial charge in [0.1, 0.15) is 5.82 Å². The number of halogens is 1. The predicted octanol–water partition coefficient (Wildman–Crippen LogP) is 5.43. The van der Waals surface area contributed by atoms with E-state index < -0.39 is 10.0 Å². The largest absolute Gasteiger partial charge is 0.346 e. The summed E-state index contributed by atoms with van der Waals surface area (Å²) >= 11 is 1.16. The number of anilines is 3. The van der Waals surface area contributed by atoms with Gasteiger partial charge in [0.2, 0.25) is 16.0 Å². The Hall–Kier alpha value is -3.87. The van der Waals surface area contributed by atoms with Gasteiger partial charge in [0.05, 0.1) is 22.0 Å². The van der Waals surface area contributed by atoms with E-state index in [4.69, 9.17) is 4.98 Å². The summed E-state index contributed by atoms with van der Waals surface area (Å²) in [4.78, 5) is 16.4. The van der Waals surface area contributed by atoms with Crippen LogP contribution in [0.1, 0.15) is 6.92 Å². The van der Waals surface area contributed by atoms with E-state index in [9.17, 15) is 12.8 Å². The lowest BCUT2D eigenvalue weighted by Gasteiger charge is -2.11. The first-order valence-corrected chi connectivity index (χ1v) is 14.8. The Morgan fingerprint density at radius 3 is 2.59 bits per heavy atom. The number of thiazole rings is 1. The third kappa shape index (κ3) is 6.24. The molecule has 2 aromatic carbocycles. The maximum atomic E-state index is 13.6. The van der Waals surface area contributed by atoms with Crippen LogP contribution in [0.15, 0.2) is 67.0 Å². The standard InChI is InChI=1S/C27H28FN7O2S2/c1-4-39(36,37)33-27-32-24(18-5-7-20(28)8-6-18)25(38-27)22-11-13-29-26(31-22)30-21-9-10-23-19(17-21)12-14-35(23)16-15-34(2)3/h5-14,17H,4,15-16H2,1-3H3,(H,32,33)(H,29,30,31). The lowest BCUT2D eigenvalue weighted by molar-refractivity contribution is 0.387. The minimum absolute atomic E-state index is 0.0846. The summed E-state index contributed by atoms with van der Waals surface area (Å²) in [7, 11) is 0.582. The van der Waals surface area contributed by atoms with E-state index >= 15 is 0 Å². The normalized spacial score (nSPS) is 11.8. The van der Waals surface area contributed by atoms with E-state index in [1.54, 1.807) is 31.3 Å². The molecule has 39 heavy (non-hydrogen) atoms. The summed E-state index contributed by atoms with van der Waals surface area (Å²) in [6, 6.07) is 15.8. The number of hydrogen-bond donors (Lipinski definition) is 2. The molecule has 3 heterocycles. The van der Waals surface area contributed by atoms with E-state index in [1.165, 1.54) is 12.1 Å². The third-order valence-electron chi connectivity index (χ3n) is 6.07. The van der Waals surface area contributed by atoms with Crippen molar-refractivity contribution in [3.63, 3.8) is 0 Å². The summed E-state index contributed by atoms with van der Waals surface area (Å²) < 4.78 is 42.7. The first-order valence-electron chi connectivity index (χ1n) is 12.3. The lowest BCUT2D eigenvalue weighted by atomic mass is 10.1. The molecule has 5 rings (SSSR count). The van der Waals surface area contributed by atoms with Gasteiger partial charge in [-0.1, -0.05) is 11.3 Å². The Morgan fingerprint density at radius 1 is 1.05 bits per heavy atom. The van der Waals surface area contributed by atoms with Gasteiger partial charge in [-0.2, -0.15) is 0 Å². The molecule has 0 aliphatic heterocycles. The smallest absolute Gasteiger partial charge is 0.234 e. The number of likely N-dealkylation sites (N-methyl/N-ethyl adjacent to an activating group) is 1. The summed E-state index contributed by atoms with van der Waals surface area (Å²) in [6.45, 7) is 3.40. The number of hydrogen-bond acceptors (Lipinski definition) is 8. The van der Waals surface area contributed by atoms with Crippen molar-refractivity contribution in [3.05, 3.63) is 72.8 Å². The van der Waals surface area contributed by atoms with Crippen LogP contribution in [0.5, 0.6) is 0 Å². The van der Waals surface area contributed by atoms with Crippen LogP contribution < -0.4 is 10.0 Å². The van der Waals surface area contributed by atoms with Gasteiger partial charge in [0.25, 0.3) is 0 Å². The van der Waals surface area contributed by atoms with E-state index in [0.717, 1.165) is 41.0 Å². The maximum Gasteiger partial charge on any atom is 0.234 e. The highest BCUT2D eigenvalue weighted by Crippen LogP contribution is 2.39. The number of nitrogens with zero attached hydrogens (tertiary/aromatic N) is 5. The Morgan fingerprint density at radius 2 is 1.85 bits per heavy atom. The first-order chi connectivity index (χ1) is 18.7. The molecule has 0 radical (unpaired) electrons. The van der Waals surface area contributed by atoms with Gasteiger partial charge in [-0.05, 0) is 75.6 Å². The van der Waals surface area contributed by atoms with Crippen LogP contribution in [-0.2, 0) is 16.6 Å². The minimum Gasteiger partial charge on any atom is -0.346 e. The summed E-state index contributed by atoms with van der Waals surface area (Å²) in [5, 5.41) is 4.58. The minimum atomic E-state index is -3.53. The van der Waals surface area contributed by atoms with Crippen molar-refractivity contribution < 1.29 is 12.8 Å². The second-order valence-corrected chi connectivity index (χ2v) is 12.2. The lowest BCUT2D eigenvalue weighted by Crippen LogP contribution is -2.17. The van der Waals surface area contributed by atoms with Crippen LogP contribution in [-0.4, -0.2) is 59.2 Å². The first kappa shape index (κ1) is 26.7. The molecular weight excluding hydrogens is 537 g/mol. The molecule has 0 amide bonds. The van der Waals surface area contributed by atoms with Gasteiger partial charge >= 0.3 is 0 Å². The maximum absolute atomic E-state index is 13.6. The van der Waals surface area contributed by atoms with Crippen molar-refractivity contribution in [2.45, 2.75) is 13.5 Å². The van der Waals surface area contributed by atoms with Crippen LogP contribution in [0.3, 0.4) is 0 Å². The van der Waals surface area contributed by atoms with Crippen molar-refractivity contribution in [1.29, 1.82) is 0 Å². The number of rotatable bonds is 10. The molecule has 2 N–H and O–H groups in total. The molecular formula is C27H28FN7O2S2. The Labute approximate surface area is 230 Å². The average molecular weight is 566 g/mol. The number of benzene rings is 2. The molecule has 3 aromatic heterocycles. The monoisotopic (exact) mass is 565 g/mol. The van der Waals surface area contributed by atoms with Gasteiger partial charge in [-0.15, -0.1) is 0 Å². The van der Waals surface area contributed by atoms with E-state index in [-0.39, 0.29) is 16.7 Å². The molecule has 0 bridgehead atoms. The van der Waals surface area contributed by atoms with Gasteiger partial charge in [0.15, 0.2) is 5.13 Å². The fraction of sp³-hybridized carbons (Fsp3) is 0.222. The van der Waals surface area contributed by atoms with Crippen LogP contribution in [0.25, 0.3) is 32.7 Å². The zero-order chi connectivity index (χ0) is 27.6. The highest BCUT2D eigenvalue weighted by molar-refractivity contribution is 7.92. The average Bonchev–Trinajstić information content (AvgIpc) is 3.51. The van der Waals surface area contributed by atoms with Gasteiger partial charge < -0.3 is 14.8 Å². The molecule has 0 unspecified atom stereocenters. The van der Waals surface area contributed by atoms with Crippen molar-refractivity contribution in [2.24, 2.45) is 0 Å². The van der Waals surface area contributed by atoms with E-state index in [2.05, 4.69) is 61.9 Å². The van der Waals surface area contributed by atoms with Gasteiger partial charge in [-0.3, -0.25) is 4.72 Å². The van der Waals surface area contributed by atoms with Crippen molar-refractivity contribution in [1.82, 2.24) is 24.4 Å². The molecule has 12 heteroatoms. The fourth-order valence-corrected chi connectivity index (χ4v) is 5.81. The predicted molar refractivity (Wildman–Crippen MR) is 155 cm³/mol. The van der Waals surface area contributed by atoms with E-state index in [0.29, 0.717) is 27.8 Å². The Bertz CT molecular complexity index is 1710. The van der Waals surface area contributed by atoms with Crippen LogP contribution in [0.2, 0.25) is 0 Å². The molecule has 0 saturated heterocycles. The Balaban J connectivity index is 1.46.